The zero-order valence-corrected chi connectivity index (χ0v) is 38.1. The van der Waals surface area contributed by atoms with E-state index < -0.39 is 32.5 Å². The van der Waals surface area contributed by atoms with Gasteiger partial charge in [-0.1, -0.05) is 197 Å². The van der Waals surface area contributed by atoms with Gasteiger partial charge < -0.3 is 19.3 Å². The minimum Gasteiger partial charge on any atom is -0.462 e. The summed E-state index contributed by atoms with van der Waals surface area (Å²) < 4.78 is 26.4. The molecule has 0 aliphatic rings. The highest BCUT2D eigenvalue weighted by Gasteiger charge is 2.22. The molecule has 0 aliphatic heterocycles. The highest BCUT2D eigenvalue weighted by molar-refractivity contribution is 7.46. The van der Waals surface area contributed by atoms with Crippen LogP contribution in [0.25, 0.3) is 0 Å². The van der Waals surface area contributed by atoms with Gasteiger partial charge in [-0.15, -0.1) is 0 Å². The van der Waals surface area contributed by atoms with Gasteiger partial charge in [0.1, 0.15) is 6.61 Å². The minimum absolute atomic E-state index is 0.129. The number of unbranched alkanes of at least 4 members (excludes halogenated alkanes) is 23. The molecule has 0 saturated carbocycles. The van der Waals surface area contributed by atoms with E-state index in [1.807, 2.05) is 6.08 Å². The van der Waals surface area contributed by atoms with Crippen LogP contribution in [0.1, 0.15) is 219 Å². The van der Waals surface area contributed by atoms with E-state index >= 15 is 0 Å². The first-order chi connectivity index (χ1) is 28.3. The van der Waals surface area contributed by atoms with Crippen LogP contribution < -0.4 is 0 Å². The Morgan fingerprint density at radius 3 is 1.21 bits per heavy atom. The molecular formula is C49H87O8P. The van der Waals surface area contributed by atoms with Crippen LogP contribution in [-0.4, -0.2) is 41.0 Å². The van der Waals surface area contributed by atoms with Gasteiger partial charge in [0.2, 0.25) is 0 Å². The molecule has 0 fully saturated rings. The van der Waals surface area contributed by atoms with Crippen molar-refractivity contribution in [2.24, 2.45) is 0 Å². The van der Waals surface area contributed by atoms with Gasteiger partial charge in [0, 0.05) is 12.8 Å². The van der Waals surface area contributed by atoms with Gasteiger partial charge in [0.05, 0.1) is 6.61 Å². The van der Waals surface area contributed by atoms with Gasteiger partial charge in [0.25, 0.3) is 0 Å². The second-order valence-corrected chi connectivity index (χ2v) is 17.0. The molecule has 1 atom stereocenters. The topological polar surface area (TPSA) is 119 Å². The molecule has 58 heavy (non-hydrogen) atoms. The van der Waals surface area contributed by atoms with E-state index in [9.17, 15) is 14.2 Å². The van der Waals surface area contributed by atoms with E-state index in [0.29, 0.717) is 19.3 Å². The summed E-state index contributed by atoms with van der Waals surface area (Å²) in [4.78, 5) is 42.9. The third kappa shape index (κ3) is 46.4. The second kappa shape index (κ2) is 44.3. The molecule has 0 aromatic rings. The Morgan fingerprint density at radius 1 is 0.448 bits per heavy atom. The molecule has 0 saturated heterocycles. The van der Waals surface area contributed by atoms with Crippen LogP contribution in [0.4, 0.5) is 0 Å². The molecule has 0 spiro atoms. The van der Waals surface area contributed by atoms with E-state index in [2.05, 4.69) is 73.1 Å². The van der Waals surface area contributed by atoms with E-state index in [4.69, 9.17) is 19.3 Å². The van der Waals surface area contributed by atoms with Gasteiger partial charge in [0.15, 0.2) is 6.10 Å². The Morgan fingerprint density at radius 2 is 0.776 bits per heavy atom. The van der Waals surface area contributed by atoms with Gasteiger partial charge >= 0.3 is 19.8 Å². The molecule has 0 aromatic carbocycles. The maximum absolute atomic E-state index is 12.4. The molecule has 0 bridgehead atoms. The highest BCUT2D eigenvalue weighted by atomic mass is 31.2. The van der Waals surface area contributed by atoms with Crippen molar-refractivity contribution in [1.29, 1.82) is 0 Å². The summed E-state index contributed by atoms with van der Waals surface area (Å²) >= 11 is 0. The molecule has 0 aromatic heterocycles. The normalized spacial score (nSPS) is 13.0. The van der Waals surface area contributed by atoms with Gasteiger partial charge in [-0.3, -0.25) is 14.1 Å². The number of carbonyl (C=O) groups excluding carboxylic acids is 2. The maximum atomic E-state index is 12.4. The van der Waals surface area contributed by atoms with Gasteiger partial charge in [-0.05, 0) is 70.6 Å². The predicted octanol–water partition coefficient (Wildman–Crippen LogP) is 14.9. The Labute approximate surface area is 356 Å². The second-order valence-electron chi connectivity index (χ2n) is 15.7. The van der Waals surface area contributed by atoms with Crippen molar-refractivity contribution in [3.63, 3.8) is 0 Å². The molecule has 8 nitrogen and oxygen atoms in total. The van der Waals surface area contributed by atoms with Crippen molar-refractivity contribution < 1.29 is 37.9 Å². The lowest BCUT2D eigenvalue weighted by Crippen LogP contribution is -2.29. The highest BCUT2D eigenvalue weighted by Crippen LogP contribution is 2.36. The average molecular weight is 835 g/mol. The first-order valence-electron chi connectivity index (χ1n) is 23.6. The van der Waals surface area contributed by atoms with Gasteiger partial charge in [-0.25, -0.2) is 4.57 Å². The Kier molecular flexibility index (Phi) is 42.6. The van der Waals surface area contributed by atoms with Crippen molar-refractivity contribution in [3.05, 3.63) is 60.8 Å². The summed E-state index contributed by atoms with van der Waals surface area (Å²) in [6.07, 6.45) is 56.9. The number of ether oxygens (including phenoxy) is 2. The van der Waals surface area contributed by atoms with Crippen molar-refractivity contribution in [1.82, 2.24) is 0 Å². The molecular weight excluding hydrogens is 748 g/mol. The lowest BCUT2D eigenvalue weighted by atomic mass is 10.0. The fraction of sp³-hybridized carbons (Fsp3) is 0.755. The third-order valence-corrected chi connectivity index (χ3v) is 10.5. The van der Waals surface area contributed by atoms with Crippen molar-refractivity contribution in [2.75, 3.05) is 13.2 Å². The van der Waals surface area contributed by atoms with E-state index in [-0.39, 0.29) is 19.4 Å². The molecule has 9 heteroatoms. The number of phosphoric ester groups is 1. The summed E-state index contributed by atoms with van der Waals surface area (Å²) in [6, 6.07) is 0. The van der Waals surface area contributed by atoms with Crippen LogP contribution in [0, 0.1) is 0 Å². The van der Waals surface area contributed by atoms with Crippen LogP contribution in [-0.2, 0) is 28.2 Å². The van der Waals surface area contributed by atoms with Crippen molar-refractivity contribution in [3.8, 4) is 0 Å². The number of rotatable bonds is 43. The van der Waals surface area contributed by atoms with E-state index in [0.717, 1.165) is 32.1 Å². The Hall–Kier alpha value is -2.25. The molecule has 336 valence electrons. The van der Waals surface area contributed by atoms with Crippen LogP contribution in [0.3, 0.4) is 0 Å². The quantitative estimate of drug-likeness (QED) is 0.0270. The lowest BCUT2D eigenvalue weighted by Gasteiger charge is -2.18. The third-order valence-electron chi connectivity index (χ3n) is 10.0. The number of esters is 2. The summed E-state index contributed by atoms with van der Waals surface area (Å²) in [5, 5.41) is 0. The number of hydrogen-bond donors (Lipinski definition) is 2. The average Bonchev–Trinajstić information content (AvgIpc) is 3.20. The molecule has 2 N–H and O–H groups in total. The van der Waals surface area contributed by atoms with Gasteiger partial charge in [-0.2, -0.15) is 0 Å². The minimum atomic E-state index is -4.78. The number of phosphoric acid groups is 1. The molecule has 0 amide bonds. The lowest BCUT2D eigenvalue weighted by molar-refractivity contribution is -0.161. The van der Waals surface area contributed by atoms with Crippen LogP contribution in [0.2, 0.25) is 0 Å². The first kappa shape index (κ1) is 55.8. The molecule has 0 rings (SSSR count). The molecule has 0 aliphatic carbocycles. The predicted molar refractivity (Wildman–Crippen MR) is 244 cm³/mol. The Balaban J connectivity index is 3.94. The molecule has 0 heterocycles. The largest absolute Gasteiger partial charge is 0.469 e. The standard InChI is InChI=1S/C49H87O8P/c1-3-5-7-9-11-13-15-17-19-21-22-23-24-25-26-28-29-31-33-35-37-39-41-43-48(50)55-45-47(46-56-58(52,53)54)57-49(51)44-42-40-38-36-34-32-30-27-20-18-16-14-12-10-8-6-4-2/h12,14,18,20,30,32,35-38,47H,3-11,13,15-17,19,21-29,31,33-34,39-46H2,1-2H3,(H2,52,53,54)/b14-12+,20-18+,32-30+,37-35+,38-36+/t47-/m1/s1. The van der Waals surface area contributed by atoms with Crippen LogP contribution >= 0.6 is 7.82 Å². The van der Waals surface area contributed by atoms with Crippen LogP contribution in [0.15, 0.2) is 60.8 Å². The number of allylic oxidation sites excluding steroid dienone is 10. The SMILES string of the molecule is CCCCC/C=C/C/C=C/C/C=C/C/C=C/CCCC(=O)O[C@H](COC(=O)CCC/C=C/CCCCCCCCCCCCCCCCCCCC)COP(=O)(O)O. The molecule has 0 unspecified atom stereocenters. The summed E-state index contributed by atoms with van der Waals surface area (Å²) in [6.45, 7) is 3.61. The van der Waals surface area contributed by atoms with Crippen LogP contribution in [0.5, 0.6) is 0 Å². The zero-order valence-electron chi connectivity index (χ0n) is 37.2. The van der Waals surface area contributed by atoms with E-state index in [1.165, 1.54) is 141 Å². The maximum Gasteiger partial charge on any atom is 0.469 e. The summed E-state index contributed by atoms with van der Waals surface area (Å²) in [5.74, 6) is -0.985. The number of hydrogen-bond acceptors (Lipinski definition) is 6. The monoisotopic (exact) mass is 835 g/mol. The number of carbonyl (C=O) groups is 2. The fourth-order valence-electron chi connectivity index (χ4n) is 6.49. The van der Waals surface area contributed by atoms with Crippen molar-refractivity contribution >= 4 is 19.8 Å². The van der Waals surface area contributed by atoms with E-state index in [1.54, 1.807) is 0 Å². The zero-order chi connectivity index (χ0) is 42.5. The first-order valence-corrected chi connectivity index (χ1v) is 25.1. The summed E-state index contributed by atoms with van der Waals surface area (Å²) in [7, 11) is -4.78. The van der Waals surface area contributed by atoms with Crippen molar-refractivity contribution in [2.45, 2.75) is 225 Å². The smallest absolute Gasteiger partial charge is 0.462 e. The molecule has 0 radical (unpaired) electrons. The fourth-order valence-corrected chi connectivity index (χ4v) is 6.85. The summed E-state index contributed by atoms with van der Waals surface area (Å²) in [5.41, 5.74) is 0. The Bertz CT molecular complexity index is 1120.